The standard InChI is InChI=1S/C3H4B2/c1-3(4-1)2-5-3/h1-2H2. The summed E-state index contributed by atoms with van der Waals surface area (Å²) in [4.78, 5) is 0. The largest absolute Gasteiger partial charge is 0.104 e. The summed E-state index contributed by atoms with van der Waals surface area (Å²) in [6.07, 6.45) is 2.76. The van der Waals surface area contributed by atoms with Crippen LogP contribution in [-0.2, 0) is 0 Å². The molecule has 0 atom stereocenters. The summed E-state index contributed by atoms with van der Waals surface area (Å²) in [5.41, 5.74) is 0. The lowest BCUT2D eigenvalue weighted by Gasteiger charge is -1.62. The molecular weight excluding hydrogens is 57.7 g/mol. The molecule has 0 aliphatic carbocycles. The minimum absolute atomic E-state index is 0.750. The van der Waals surface area contributed by atoms with Gasteiger partial charge in [-0.15, -0.1) is 0 Å². The minimum Gasteiger partial charge on any atom is -0.0968 e. The van der Waals surface area contributed by atoms with E-state index >= 15 is 0 Å². The van der Waals surface area contributed by atoms with E-state index in [2.05, 4.69) is 14.6 Å². The Morgan fingerprint density at radius 3 is 1.60 bits per heavy atom. The van der Waals surface area contributed by atoms with E-state index in [0.717, 1.165) is 5.21 Å². The molecule has 0 aromatic carbocycles. The first kappa shape index (κ1) is 2.33. The Bertz CT molecular complexity index is 47.8. The SMILES string of the molecule is [B]1CC12[B]C2. The maximum absolute atomic E-state index is 2.37. The van der Waals surface area contributed by atoms with Gasteiger partial charge in [0.1, 0.15) is 14.6 Å². The van der Waals surface area contributed by atoms with Crippen molar-refractivity contribution in [2.45, 2.75) is 17.9 Å². The molecule has 0 bridgehead atoms. The molecule has 0 unspecified atom stereocenters. The molecule has 2 heterocycles. The summed E-state index contributed by atoms with van der Waals surface area (Å²) in [6.45, 7) is 0. The Hall–Kier alpha value is 0.130. The van der Waals surface area contributed by atoms with Crippen molar-refractivity contribution in [3.63, 3.8) is 0 Å². The van der Waals surface area contributed by atoms with Crippen molar-refractivity contribution in [2.75, 3.05) is 0 Å². The lowest BCUT2D eigenvalue weighted by Crippen LogP contribution is -1.55. The summed E-state index contributed by atoms with van der Waals surface area (Å²) in [6, 6.07) is 0. The summed E-state index contributed by atoms with van der Waals surface area (Å²) < 4.78 is 0. The van der Waals surface area contributed by atoms with Gasteiger partial charge in [-0.3, -0.25) is 0 Å². The van der Waals surface area contributed by atoms with E-state index in [0.29, 0.717) is 0 Å². The maximum Gasteiger partial charge on any atom is 0.104 e. The summed E-state index contributed by atoms with van der Waals surface area (Å²) in [7, 11) is 4.74. The zero-order chi connectivity index (χ0) is 3.33. The fraction of sp³-hybridized carbons (Fsp3) is 1.00. The van der Waals surface area contributed by atoms with Gasteiger partial charge in [0.15, 0.2) is 0 Å². The topological polar surface area (TPSA) is 0 Å². The van der Waals surface area contributed by atoms with Crippen LogP contribution < -0.4 is 0 Å². The first-order valence-corrected chi connectivity index (χ1v) is 2.10. The van der Waals surface area contributed by atoms with Crippen LogP contribution in [0.2, 0.25) is 17.9 Å². The van der Waals surface area contributed by atoms with Crippen LogP contribution in [0.1, 0.15) is 0 Å². The third kappa shape index (κ3) is 0.183. The Morgan fingerprint density at radius 2 is 1.60 bits per heavy atom. The van der Waals surface area contributed by atoms with Gasteiger partial charge in [-0.25, -0.2) is 0 Å². The predicted molar refractivity (Wildman–Crippen MR) is 23.8 cm³/mol. The van der Waals surface area contributed by atoms with Gasteiger partial charge in [-0.1, -0.05) is 17.9 Å². The van der Waals surface area contributed by atoms with Gasteiger partial charge in [-0.2, -0.15) is 0 Å². The van der Waals surface area contributed by atoms with Crippen molar-refractivity contribution in [3.8, 4) is 0 Å². The van der Waals surface area contributed by atoms with Crippen LogP contribution in [0.15, 0.2) is 0 Å². The summed E-state index contributed by atoms with van der Waals surface area (Å²) in [5, 5.41) is 0.750. The molecule has 0 aromatic rings. The van der Waals surface area contributed by atoms with Crippen LogP contribution in [0.3, 0.4) is 0 Å². The minimum atomic E-state index is 0.750. The zero-order valence-corrected chi connectivity index (χ0v) is 3.07. The molecule has 22 valence electrons. The zero-order valence-electron chi connectivity index (χ0n) is 3.07. The van der Waals surface area contributed by atoms with Gasteiger partial charge >= 0.3 is 0 Å². The highest BCUT2D eigenvalue weighted by Gasteiger charge is 2.53. The lowest BCUT2D eigenvalue weighted by molar-refractivity contribution is 1.25. The fourth-order valence-electron chi connectivity index (χ4n) is 0.596. The molecule has 5 heavy (non-hydrogen) atoms. The lowest BCUT2D eigenvalue weighted by atomic mass is 9.87. The van der Waals surface area contributed by atoms with E-state index in [9.17, 15) is 0 Å². The van der Waals surface area contributed by atoms with Crippen molar-refractivity contribution >= 4 is 14.6 Å². The van der Waals surface area contributed by atoms with Gasteiger partial charge in [0.2, 0.25) is 0 Å². The van der Waals surface area contributed by atoms with Gasteiger partial charge in [0.25, 0.3) is 0 Å². The van der Waals surface area contributed by atoms with Crippen LogP contribution in [0.25, 0.3) is 0 Å². The van der Waals surface area contributed by atoms with Crippen LogP contribution in [-0.4, -0.2) is 14.6 Å². The molecule has 0 N–H and O–H groups in total. The second-order valence-corrected chi connectivity index (χ2v) is 2.05. The highest BCUT2D eigenvalue weighted by molar-refractivity contribution is 6.84. The Balaban J connectivity index is 2.30. The normalized spacial score (nSPS) is 35.2. The van der Waals surface area contributed by atoms with Crippen molar-refractivity contribution < 1.29 is 0 Å². The molecule has 0 aromatic heterocycles. The third-order valence-corrected chi connectivity index (χ3v) is 1.46. The molecule has 1 spiro atoms. The van der Waals surface area contributed by atoms with Gasteiger partial charge in [-0.05, 0) is 0 Å². The van der Waals surface area contributed by atoms with E-state index in [-0.39, 0.29) is 0 Å². The molecular formula is C3H4B2. The molecule has 0 amide bonds. The second kappa shape index (κ2) is 0.394. The summed E-state index contributed by atoms with van der Waals surface area (Å²) >= 11 is 0. The van der Waals surface area contributed by atoms with E-state index in [1.807, 2.05) is 0 Å². The summed E-state index contributed by atoms with van der Waals surface area (Å²) in [5.74, 6) is 0. The van der Waals surface area contributed by atoms with Crippen molar-refractivity contribution in [2.24, 2.45) is 0 Å². The Kier molecular flexibility index (Phi) is 0.184. The number of hydrogen-bond acceptors (Lipinski definition) is 0. The number of hydrogen-bond donors (Lipinski definition) is 0. The van der Waals surface area contributed by atoms with Crippen LogP contribution in [0.4, 0.5) is 0 Å². The van der Waals surface area contributed by atoms with E-state index in [1.165, 1.54) is 12.6 Å². The quantitative estimate of drug-likeness (QED) is 0.355. The number of rotatable bonds is 0. The molecule has 2 aliphatic heterocycles. The monoisotopic (exact) mass is 62.0 g/mol. The highest BCUT2D eigenvalue weighted by atomic mass is 14.3. The van der Waals surface area contributed by atoms with Crippen LogP contribution in [0.5, 0.6) is 0 Å². The molecule has 2 aliphatic rings. The third-order valence-electron chi connectivity index (χ3n) is 1.46. The molecule has 2 saturated heterocycles. The molecule has 2 rings (SSSR count). The van der Waals surface area contributed by atoms with Gasteiger partial charge in [0.05, 0.1) is 0 Å². The maximum atomic E-state index is 2.37. The first-order valence-electron chi connectivity index (χ1n) is 2.10. The smallest absolute Gasteiger partial charge is 0.0968 e. The molecule has 0 nitrogen and oxygen atoms in total. The van der Waals surface area contributed by atoms with Crippen molar-refractivity contribution in [3.05, 3.63) is 0 Å². The second-order valence-electron chi connectivity index (χ2n) is 2.05. The van der Waals surface area contributed by atoms with E-state index in [1.54, 1.807) is 0 Å². The van der Waals surface area contributed by atoms with Crippen molar-refractivity contribution in [1.29, 1.82) is 0 Å². The van der Waals surface area contributed by atoms with E-state index < -0.39 is 0 Å². The Labute approximate surface area is 33.4 Å². The van der Waals surface area contributed by atoms with Crippen molar-refractivity contribution in [1.82, 2.24) is 0 Å². The van der Waals surface area contributed by atoms with Gasteiger partial charge in [0, 0.05) is 0 Å². The van der Waals surface area contributed by atoms with Crippen LogP contribution in [0, 0.1) is 0 Å². The van der Waals surface area contributed by atoms with E-state index in [4.69, 9.17) is 0 Å². The fourth-order valence-corrected chi connectivity index (χ4v) is 0.596. The molecule has 2 radical (unpaired) electrons. The molecule has 2 heteroatoms. The highest BCUT2D eigenvalue weighted by Crippen LogP contribution is 2.61. The molecule has 0 saturated carbocycles. The molecule has 2 fully saturated rings. The Morgan fingerprint density at radius 1 is 1.20 bits per heavy atom. The van der Waals surface area contributed by atoms with Gasteiger partial charge < -0.3 is 0 Å². The average molecular weight is 61.7 g/mol. The van der Waals surface area contributed by atoms with Crippen LogP contribution >= 0.6 is 0 Å². The average Bonchev–Trinajstić information content (AvgIpc) is 2.17. The first-order chi connectivity index (χ1) is 2.41. The predicted octanol–water partition coefficient (Wildman–Crippen LogP) is 0.375.